The largest absolute Gasteiger partial charge is 0.481 e. The summed E-state index contributed by atoms with van der Waals surface area (Å²) in [6.07, 6.45) is 2.57. The lowest BCUT2D eigenvalue weighted by Crippen LogP contribution is -2.33. The molecule has 6 heteroatoms. The van der Waals surface area contributed by atoms with Crippen LogP contribution in [0.3, 0.4) is 0 Å². The normalized spacial score (nSPS) is 15.7. The molecule has 1 heterocycles. The number of aliphatic carboxylic acids is 1. The number of rotatable bonds is 5. The van der Waals surface area contributed by atoms with Gasteiger partial charge in [-0.25, -0.2) is 0 Å². The Balaban J connectivity index is 2.13. The quantitative estimate of drug-likeness (QED) is 0.624. The number of nitrogens with zero attached hydrogens (tertiary/aromatic N) is 2. The van der Waals surface area contributed by atoms with Crippen LogP contribution in [-0.4, -0.2) is 35.0 Å². The molecule has 0 unspecified atom stereocenters. The molecule has 0 aliphatic carbocycles. The number of hydrogen-bond donors (Lipinski definition) is 2. The second-order valence-electron chi connectivity index (χ2n) is 6.95. The van der Waals surface area contributed by atoms with Gasteiger partial charge >= 0.3 is 5.97 Å². The number of likely N-dealkylation sites (tertiary alicyclic amines) is 1. The molecule has 1 fully saturated rings. The van der Waals surface area contributed by atoms with Crippen molar-refractivity contribution in [2.75, 3.05) is 18.4 Å². The number of nitriles is 1. The van der Waals surface area contributed by atoms with Gasteiger partial charge in [0.2, 0.25) is 0 Å². The minimum atomic E-state index is -0.785. The number of carboxylic acids is 1. The lowest BCUT2D eigenvalue weighted by Gasteiger charge is -2.29. The van der Waals surface area contributed by atoms with E-state index in [9.17, 15) is 14.9 Å². The monoisotopic (exact) mass is 355 g/mol. The Labute approximate surface area is 154 Å². The van der Waals surface area contributed by atoms with Gasteiger partial charge in [0, 0.05) is 25.0 Å². The van der Waals surface area contributed by atoms with Crippen molar-refractivity contribution in [2.24, 2.45) is 5.92 Å². The number of benzene rings is 1. The zero-order chi connectivity index (χ0) is 19.3. The van der Waals surface area contributed by atoms with Crippen LogP contribution < -0.4 is 5.32 Å². The minimum absolute atomic E-state index is 0.0248. The van der Waals surface area contributed by atoms with Crippen LogP contribution in [-0.2, 0) is 9.59 Å². The van der Waals surface area contributed by atoms with E-state index >= 15 is 0 Å². The van der Waals surface area contributed by atoms with E-state index in [1.165, 1.54) is 0 Å². The lowest BCUT2D eigenvalue weighted by atomic mass is 9.97. The second-order valence-corrected chi connectivity index (χ2v) is 6.95. The molecular weight excluding hydrogens is 330 g/mol. The fourth-order valence-electron chi connectivity index (χ4n) is 3.12. The van der Waals surface area contributed by atoms with E-state index in [0.29, 0.717) is 25.9 Å². The fourth-order valence-corrected chi connectivity index (χ4v) is 3.12. The predicted molar refractivity (Wildman–Crippen MR) is 99.5 cm³/mol. The highest BCUT2D eigenvalue weighted by molar-refractivity contribution is 6.07. The molecule has 0 atom stereocenters. The van der Waals surface area contributed by atoms with Crippen LogP contribution in [0.4, 0.5) is 5.69 Å². The molecule has 2 rings (SSSR count). The van der Waals surface area contributed by atoms with Crippen molar-refractivity contribution >= 4 is 17.6 Å². The SMILES string of the molecule is Cc1cccc(C(C)C)c1NC(=O)/C(C#N)=C\N1CCC(C(=O)O)CC1. The van der Waals surface area contributed by atoms with Crippen LogP contribution in [0.15, 0.2) is 30.0 Å². The highest BCUT2D eigenvalue weighted by Crippen LogP contribution is 2.28. The molecule has 1 aromatic rings. The summed E-state index contributed by atoms with van der Waals surface area (Å²) in [6, 6.07) is 7.81. The van der Waals surface area contributed by atoms with E-state index in [2.05, 4.69) is 19.2 Å². The third-order valence-corrected chi connectivity index (χ3v) is 4.72. The molecule has 1 saturated heterocycles. The van der Waals surface area contributed by atoms with E-state index < -0.39 is 11.9 Å². The number of amides is 1. The highest BCUT2D eigenvalue weighted by atomic mass is 16.4. The molecule has 0 radical (unpaired) electrons. The van der Waals surface area contributed by atoms with Crippen LogP contribution in [0.5, 0.6) is 0 Å². The Morgan fingerprint density at radius 1 is 1.35 bits per heavy atom. The summed E-state index contributed by atoms with van der Waals surface area (Å²) in [5.74, 6) is -1.33. The summed E-state index contributed by atoms with van der Waals surface area (Å²) in [7, 11) is 0. The van der Waals surface area contributed by atoms with Crippen molar-refractivity contribution in [1.82, 2.24) is 4.90 Å². The molecule has 1 aliphatic rings. The van der Waals surface area contributed by atoms with E-state index in [1.54, 1.807) is 6.20 Å². The van der Waals surface area contributed by atoms with E-state index in [-0.39, 0.29) is 17.4 Å². The number of aryl methyl sites for hydroxylation is 1. The molecule has 0 saturated carbocycles. The maximum atomic E-state index is 12.6. The van der Waals surface area contributed by atoms with Gasteiger partial charge in [-0.2, -0.15) is 5.26 Å². The summed E-state index contributed by atoms with van der Waals surface area (Å²) in [6.45, 7) is 7.08. The average molecular weight is 355 g/mol. The summed E-state index contributed by atoms with van der Waals surface area (Å²) >= 11 is 0. The number of carboxylic acid groups (broad SMARTS) is 1. The number of carbonyl (C=O) groups is 2. The first-order valence-electron chi connectivity index (χ1n) is 8.83. The first-order valence-corrected chi connectivity index (χ1v) is 8.83. The summed E-state index contributed by atoms with van der Waals surface area (Å²) < 4.78 is 0. The Morgan fingerprint density at radius 2 is 2.00 bits per heavy atom. The molecule has 1 aromatic carbocycles. The van der Waals surface area contributed by atoms with Crippen molar-refractivity contribution < 1.29 is 14.7 Å². The van der Waals surface area contributed by atoms with Crippen LogP contribution >= 0.6 is 0 Å². The molecular formula is C20H25N3O3. The van der Waals surface area contributed by atoms with Gasteiger partial charge in [0.1, 0.15) is 11.6 Å². The van der Waals surface area contributed by atoms with Gasteiger partial charge in [-0.3, -0.25) is 9.59 Å². The molecule has 26 heavy (non-hydrogen) atoms. The Kier molecular flexibility index (Phi) is 6.40. The predicted octanol–water partition coefficient (Wildman–Crippen LogP) is 3.26. The van der Waals surface area contributed by atoms with Crippen molar-refractivity contribution in [1.29, 1.82) is 5.26 Å². The van der Waals surface area contributed by atoms with Gasteiger partial charge in [0.25, 0.3) is 5.91 Å². The smallest absolute Gasteiger partial charge is 0.306 e. The van der Waals surface area contributed by atoms with E-state index in [0.717, 1.165) is 16.8 Å². The van der Waals surface area contributed by atoms with Gasteiger partial charge in [-0.15, -0.1) is 0 Å². The van der Waals surface area contributed by atoms with Gasteiger partial charge in [-0.05, 0) is 36.8 Å². The van der Waals surface area contributed by atoms with Crippen molar-refractivity contribution in [3.05, 3.63) is 41.1 Å². The highest BCUT2D eigenvalue weighted by Gasteiger charge is 2.24. The van der Waals surface area contributed by atoms with Crippen LogP contribution in [0, 0.1) is 24.2 Å². The van der Waals surface area contributed by atoms with Gasteiger partial charge < -0.3 is 15.3 Å². The lowest BCUT2D eigenvalue weighted by molar-refractivity contribution is -0.143. The number of nitrogens with one attached hydrogen (secondary N) is 1. The topological polar surface area (TPSA) is 93.4 Å². The molecule has 0 spiro atoms. The molecule has 1 amide bonds. The Bertz CT molecular complexity index is 754. The fraction of sp³-hybridized carbons (Fsp3) is 0.450. The first-order chi connectivity index (χ1) is 12.3. The maximum absolute atomic E-state index is 12.6. The summed E-state index contributed by atoms with van der Waals surface area (Å²) in [5, 5.41) is 21.3. The van der Waals surface area contributed by atoms with E-state index in [1.807, 2.05) is 36.1 Å². The second kappa shape index (κ2) is 8.52. The van der Waals surface area contributed by atoms with Gasteiger partial charge in [0.15, 0.2) is 0 Å². The molecule has 0 bridgehead atoms. The molecule has 1 aliphatic heterocycles. The van der Waals surface area contributed by atoms with Crippen molar-refractivity contribution in [3.8, 4) is 6.07 Å². The van der Waals surface area contributed by atoms with Crippen LogP contribution in [0.2, 0.25) is 0 Å². The number of piperidine rings is 1. The molecule has 0 aromatic heterocycles. The van der Waals surface area contributed by atoms with E-state index in [4.69, 9.17) is 5.11 Å². The van der Waals surface area contributed by atoms with Gasteiger partial charge in [-0.1, -0.05) is 32.0 Å². The van der Waals surface area contributed by atoms with Crippen molar-refractivity contribution in [2.45, 2.75) is 39.5 Å². The molecule has 6 nitrogen and oxygen atoms in total. The first kappa shape index (κ1) is 19.5. The summed E-state index contributed by atoms with van der Waals surface area (Å²) in [5.41, 5.74) is 2.75. The number of anilines is 1. The summed E-state index contributed by atoms with van der Waals surface area (Å²) in [4.78, 5) is 25.5. The average Bonchev–Trinajstić information content (AvgIpc) is 2.61. The van der Waals surface area contributed by atoms with Crippen molar-refractivity contribution in [3.63, 3.8) is 0 Å². The van der Waals surface area contributed by atoms with Crippen LogP contribution in [0.1, 0.15) is 43.7 Å². The zero-order valence-electron chi connectivity index (χ0n) is 15.5. The molecule has 2 N–H and O–H groups in total. The minimum Gasteiger partial charge on any atom is -0.481 e. The maximum Gasteiger partial charge on any atom is 0.306 e. The zero-order valence-corrected chi connectivity index (χ0v) is 15.5. The number of para-hydroxylation sites is 1. The third-order valence-electron chi connectivity index (χ3n) is 4.72. The third kappa shape index (κ3) is 4.63. The molecule has 138 valence electrons. The Hall–Kier alpha value is -2.81. The number of hydrogen-bond acceptors (Lipinski definition) is 4. The number of carbonyl (C=O) groups excluding carboxylic acids is 1. The Morgan fingerprint density at radius 3 is 2.54 bits per heavy atom. The van der Waals surface area contributed by atoms with Crippen LogP contribution in [0.25, 0.3) is 0 Å². The standard InChI is InChI=1S/C20H25N3O3/c1-13(2)17-6-4-5-14(3)18(17)22-19(24)16(11-21)12-23-9-7-15(8-10-23)20(25)26/h4-6,12-13,15H,7-10H2,1-3H3,(H,22,24)(H,25,26)/b16-12-. The van der Waals surface area contributed by atoms with Gasteiger partial charge in [0.05, 0.1) is 5.92 Å².